The molecular formula is C24H34N3O6P3. The molecule has 3 aromatic rings. The van der Waals surface area contributed by atoms with Crippen LogP contribution in [0.3, 0.4) is 0 Å². The normalized spacial score (nSPS) is 22.0. The van der Waals surface area contributed by atoms with E-state index in [1.165, 1.54) is 0 Å². The Morgan fingerprint density at radius 1 is 0.667 bits per heavy atom. The zero-order valence-corrected chi connectivity index (χ0v) is 23.5. The van der Waals surface area contributed by atoms with Crippen molar-refractivity contribution < 1.29 is 27.1 Å². The predicted molar refractivity (Wildman–Crippen MR) is 148 cm³/mol. The second kappa shape index (κ2) is 12.5. The summed E-state index contributed by atoms with van der Waals surface area (Å²) in [6.07, 6.45) is 0. The summed E-state index contributed by atoms with van der Waals surface area (Å²) < 4.78 is 43.5. The third kappa shape index (κ3) is 6.83. The first-order valence-electron chi connectivity index (χ1n) is 11.9. The third-order valence-corrected chi connectivity index (χ3v) is 15.3. The molecule has 2 N–H and O–H groups in total. The van der Waals surface area contributed by atoms with Gasteiger partial charge in [0.15, 0.2) is 0 Å². The molecule has 0 amide bonds. The van der Waals surface area contributed by atoms with E-state index in [0.717, 1.165) is 0 Å². The van der Waals surface area contributed by atoms with E-state index in [0.29, 0.717) is 37.1 Å². The van der Waals surface area contributed by atoms with E-state index in [1.807, 2.05) is 112 Å². The van der Waals surface area contributed by atoms with Gasteiger partial charge >= 0.3 is 214 Å². The molecule has 1 heterocycles. The first-order chi connectivity index (χ1) is 17.5. The molecule has 1 atom stereocenters. The van der Waals surface area contributed by atoms with Crippen molar-refractivity contribution in [1.29, 1.82) is 0 Å². The van der Waals surface area contributed by atoms with E-state index in [1.54, 1.807) is 0 Å². The van der Waals surface area contributed by atoms with Gasteiger partial charge in [0.05, 0.1) is 0 Å². The Labute approximate surface area is 213 Å². The summed E-state index contributed by atoms with van der Waals surface area (Å²) in [6.45, 7) is 6.72. The van der Waals surface area contributed by atoms with Gasteiger partial charge in [0, 0.05) is 0 Å². The first-order valence-corrected chi connectivity index (χ1v) is 17.1. The van der Waals surface area contributed by atoms with Gasteiger partial charge < -0.3 is 0 Å². The summed E-state index contributed by atoms with van der Waals surface area (Å²) in [4.78, 5) is 6.89. The van der Waals surface area contributed by atoms with Gasteiger partial charge in [0.25, 0.3) is 0 Å². The van der Waals surface area contributed by atoms with Crippen LogP contribution in [-0.4, -0.2) is 19.8 Å². The summed E-state index contributed by atoms with van der Waals surface area (Å²) in [5, 5.41) is 0. The topological polar surface area (TPSA) is 91.8 Å². The van der Waals surface area contributed by atoms with Crippen LogP contribution in [0.15, 0.2) is 95.5 Å². The molecule has 1 unspecified atom stereocenters. The fourth-order valence-corrected chi connectivity index (χ4v) is 15.4. The molecule has 196 valence electrons. The Hall–Kier alpha value is -2.05. The minimum atomic E-state index is -3.65. The van der Waals surface area contributed by atoms with Crippen molar-refractivity contribution in [3.63, 3.8) is 0 Å². The zero-order valence-electron chi connectivity index (χ0n) is 20.6. The number of hydrogen-bond donors (Lipinski definition) is 2. The predicted octanol–water partition coefficient (Wildman–Crippen LogP) is 7.29. The van der Waals surface area contributed by atoms with Gasteiger partial charge in [-0.25, -0.2) is 0 Å². The molecule has 3 aromatic carbocycles. The molecule has 0 saturated carbocycles. The van der Waals surface area contributed by atoms with Crippen molar-refractivity contribution in [2.45, 2.75) is 20.8 Å². The van der Waals surface area contributed by atoms with E-state index in [2.05, 4.69) is 9.72 Å². The van der Waals surface area contributed by atoms with Crippen LogP contribution in [0.25, 0.3) is 0 Å². The summed E-state index contributed by atoms with van der Waals surface area (Å²) in [6, 6.07) is 28.3. The number of para-hydroxylation sites is 3. The molecule has 1 aliphatic rings. The number of nitrogens with one attached hydrogen (secondary N) is 2. The summed E-state index contributed by atoms with van der Waals surface area (Å²) >= 11 is 0. The Kier molecular flexibility index (Phi) is 9.35. The molecule has 9 nitrogen and oxygen atoms in total. The van der Waals surface area contributed by atoms with Crippen LogP contribution in [-0.2, 0) is 13.6 Å². The van der Waals surface area contributed by atoms with Crippen LogP contribution >= 0.6 is 23.7 Å². The maximum atomic E-state index is 6.54. The van der Waals surface area contributed by atoms with Crippen molar-refractivity contribution in [2.75, 3.05) is 19.8 Å². The third-order valence-electron chi connectivity index (χ3n) is 4.84. The van der Waals surface area contributed by atoms with E-state index in [-0.39, 0.29) is 0 Å². The second-order valence-electron chi connectivity index (χ2n) is 7.57. The van der Waals surface area contributed by atoms with Gasteiger partial charge in [-0.15, -0.1) is 0 Å². The fraction of sp³-hybridized carbons (Fsp3) is 0.250. The van der Waals surface area contributed by atoms with Gasteiger partial charge in [0.2, 0.25) is 0 Å². The van der Waals surface area contributed by atoms with Gasteiger partial charge in [0.1, 0.15) is 0 Å². The molecule has 0 bridgehead atoms. The standard InChI is InChI=1S/C24H34N3O6P3/c1-4-28-34(31-22-16-10-7-11-17-22)25-35(29-5-2,32-23-18-12-8-13-19-23)27-36(26-34,30-6-3)33-24-20-14-9-15-21-24/h7-21,25-26,34-35H,4-6H2,1-3H3. The van der Waals surface area contributed by atoms with E-state index < -0.39 is 23.7 Å². The van der Waals surface area contributed by atoms with Gasteiger partial charge in [-0.05, 0) is 0 Å². The van der Waals surface area contributed by atoms with Crippen molar-refractivity contribution >= 4 is 23.7 Å². The average molecular weight is 553 g/mol. The Morgan fingerprint density at radius 2 is 1.19 bits per heavy atom. The van der Waals surface area contributed by atoms with E-state index in [4.69, 9.17) is 31.7 Å². The molecular weight excluding hydrogens is 519 g/mol. The Morgan fingerprint density at radius 3 is 1.72 bits per heavy atom. The average Bonchev–Trinajstić information content (AvgIpc) is 2.86. The summed E-state index contributed by atoms with van der Waals surface area (Å²) in [7, 11) is -10.5. The summed E-state index contributed by atoms with van der Waals surface area (Å²) in [5.74, 6) is 1.81. The molecule has 36 heavy (non-hydrogen) atoms. The summed E-state index contributed by atoms with van der Waals surface area (Å²) in [5.41, 5.74) is 0. The first kappa shape index (κ1) is 27.0. The SMILES string of the molecule is CCOP1(Oc2ccccc2)=N[PH](OCC)(Oc2ccccc2)N[PH](OCC)(Oc2ccccc2)N1. The van der Waals surface area contributed by atoms with Gasteiger partial charge in [-0.2, -0.15) is 0 Å². The Balaban J connectivity index is 1.87. The number of rotatable bonds is 12. The van der Waals surface area contributed by atoms with Crippen LogP contribution < -0.4 is 23.3 Å². The van der Waals surface area contributed by atoms with E-state index in [9.17, 15) is 0 Å². The Bertz CT molecular complexity index is 1150. The van der Waals surface area contributed by atoms with Crippen molar-refractivity contribution in [3.8, 4) is 17.2 Å². The molecule has 1 aliphatic heterocycles. The number of nitrogens with zero attached hydrogens (tertiary/aromatic N) is 1. The van der Waals surface area contributed by atoms with Crippen molar-refractivity contribution in [1.82, 2.24) is 9.72 Å². The van der Waals surface area contributed by atoms with Crippen molar-refractivity contribution in [2.24, 2.45) is 4.52 Å². The fourth-order valence-electron chi connectivity index (χ4n) is 3.56. The second-order valence-corrected chi connectivity index (χ2v) is 15.1. The quantitative estimate of drug-likeness (QED) is 0.226. The molecule has 4 rings (SSSR count). The zero-order chi connectivity index (χ0) is 25.3. The maximum absolute atomic E-state index is 6.54. The van der Waals surface area contributed by atoms with Crippen LogP contribution in [0.5, 0.6) is 17.2 Å². The molecule has 0 radical (unpaired) electrons. The van der Waals surface area contributed by atoms with Crippen LogP contribution in [0.2, 0.25) is 0 Å². The van der Waals surface area contributed by atoms with Crippen LogP contribution in [0.1, 0.15) is 20.8 Å². The van der Waals surface area contributed by atoms with Crippen molar-refractivity contribution in [3.05, 3.63) is 91.0 Å². The van der Waals surface area contributed by atoms with Crippen LogP contribution in [0, 0.1) is 0 Å². The van der Waals surface area contributed by atoms with E-state index >= 15 is 0 Å². The number of benzene rings is 3. The monoisotopic (exact) mass is 553 g/mol. The molecule has 12 heteroatoms. The molecule has 0 fully saturated rings. The molecule has 0 saturated heterocycles. The number of hydrogen-bond acceptors (Lipinski definition) is 9. The van der Waals surface area contributed by atoms with Crippen LogP contribution in [0.4, 0.5) is 0 Å². The molecule has 0 aliphatic carbocycles. The van der Waals surface area contributed by atoms with Gasteiger partial charge in [-0.1, -0.05) is 0 Å². The van der Waals surface area contributed by atoms with Gasteiger partial charge in [-0.3, -0.25) is 0 Å². The molecule has 0 aromatic heterocycles. The molecule has 0 spiro atoms. The minimum absolute atomic E-state index is 0.334.